The topological polar surface area (TPSA) is 62.5 Å². The van der Waals surface area contributed by atoms with Gasteiger partial charge in [-0.1, -0.05) is 12.1 Å². The van der Waals surface area contributed by atoms with Gasteiger partial charge in [-0.05, 0) is 30.2 Å². The second-order valence-corrected chi connectivity index (χ2v) is 5.85. The van der Waals surface area contributed by atoms with E-state index in [1.807, 2.05) is 18.2 Å². The third kappa shape index (κ3) is 3.86. The normalized spacial score (nSPS) is 16.0. The predicted molar refractivity (Wildman–Crippen MR) is 89.4 cm³/mol. The summed E-state index contributed by atoms with van der Waals surface area (Å²) in [6.07, 6.45) is 2.78. The summed E-state index contributed by atoms with van der Waals surface area (Å²) in [4.78, 5) is 18.9. The molecular formula is C17H19FN4O2. The highest BCUT2D eigenvalue weighted by atomic mass is 19.1. The highest BCUT2D eigenvalue weighted by Crippen LogP contribution is 2.20. The van der Waals surface area contributed by atoms with E-state index in [2.05, 4.69) is 14.8 Å². The van der Waals surface area contributed by atoms with Crippen molar-refractivity contribution in [1.29, 1.82) is 0 Å². The minimum absolute atomic E-state index is 0.476. The summed E-state index contributed by atoms with van der Waals surface area (Å²) in [6.45, 7) is 4.12. The molecule has 0 bridgehead atoms. The predicted octanol–water partition coefficient (Wildman–Crippen LogP) is 2.84. The minimum atomic E-state index is -0.776. The van der Waals surface area contributed by atoms with Crippen LogP contribution in [-0.4, -0.2) is 41.0 Å². The van der Waals surface area contributed by atoms with Crippen LogP contribution in [0.25, 0.3) is 0 Å². The highest BCUT2D eigenvalue weighted by molar-refractivity contribution is 5.38. The van der Waals surface area contributed by atoms with Crippen LogP contribution in [0.4, 0.5) is 15.9 Å². The molecule has 0 atom stereocenters. The van der Waals surface area contributed by atoms with Gasteiger partial charge in [-0.3, -0.25) is 15.0 Å². The lowest BCUT2D eigenvalue weighted by Gasteiger charge is -2.22. The van der Waals surface area contributed by atoms with Crippen molar-refractivity contribution in [3.8, 4) is 0 Å². The van der Waals surface area contributed by atoms with E-state index >= 15 is 0 Å². The Morgan fingerprint density at radius 3 is 2.75 bits per heavy atom. The molecule has 24 heavy (non-hydrogen) atoms. The summed E-state index contributed by atoms with van der Waals surface area (Å²) in [5, 5.41) is 10.7. The molecule has 126 valence electrons. The van der Waals surface area contributed by atoms with Crippen molar-refractivity contribution in [2.24, 2.45) is 0 Å². The number of nitrogens with zero attached hydrogens (tertiary/aromatic N) is 4. The largest absolute Gasteiger partial charge is 0.355 e. The molecule has 1 aromatic heterocycles. The van der Waals surface area contributed by atoms with Crippen molar-refractivity contribution in [1.82, 2.24) is 9.88 Å². The SMILES string of the molecule is O=[N+]([O-])c1ccc(CN2CCCN(c3ccccn3)CC2)cc1F. The van der Waals surface area contributed by atoms with Gasteiger partial charge in [0.25, 0.3) is 0 Å². The third-order valence-corrected chi connectivity index (χ3v) is 4.18. The van der Waals surface area contributed by atoms with Gasteiger partial charge in [-0.15, -0.1) is 0 Å². The first kappa shape index (κ1) is 16.3. The van der Waals surface area contributed by atoms with Crippen LogP contribution in [0, 0.1) is 15.9 Å². The van der Waals surface area contributed by atoms with Gasteiger partial charge in [0.15, 0.2) is 0 Å². The van der Waals surface area contributed by atoms with Crippen LogP contribution in [0.2, 0.25) is 0 Å². The zero-order valence-corrected chi connectivity index (χ0v) is 13.3. The monoisotopic (exact) mass is 330 g/mol. The van der Waals surface area contributed by atoms with Gasteiger partial charge in [-0.2, -0.15) is 4.39 Å². The average molecular weight is 330 g/mol. The number of rotatable bonds is 4. The lowest BCUT2D eigenvalue weighted by molar-refractivity contribution is -0.387. The van der Waals surface area contributed by atoms with E-state index in [0.717, 1.165) is 44.0 Å². The van der Waals surface area contributed by atoms with Crippen LogP contribution in [-0.2, 0) is 6.54 Å². The summed E-state index contributed by atoms with van der Waals surface area (Å²) in [6, 6.07) is 10.0. The Kier molecular flexibility index (Phi) is 5.00. The molecule has 0 saturated carbocycles. The van der Waals surface area contributed by atoms with Gasteiger partial charge in [0.1, 0.15) is 5.82 Å². The van der Waals surface area contributed by atoms with Crippen molar-refractivity contribution in [2.75, 3.05) is 31.1 Å². The standard InChI is InChI=1S/C17H19FN4O2/c18-15-12-14(5-6-16(15)22(23)24)13-20-8-3-9-21(11-10-20)17-4-1-2-7-19-17/h1-2,4-7,12H,3,8-11,13H2. The Morgan fingerprint density at radius 1 is 1.17 bits per heavy atom. The molecule has 1 aliphatic rings. The van der Waals surface area contributed by atoms with Crippen LogP contribution in [0.15, 0.2) is 42.6 Å². The molecule has 2 heterocycles. The molecule has 0 amide bonds. The summed E-state index contributed by atoms with van der Waals surface area (Å²) in [5.41, 5.74) is 0.278. The number of pyridine rings is 1. The van der Waals surface area contributed by atoms with Crippen LogP contribution >= 0.6 is 0 Å². The highest BCUT2D eigenvalue weighted by Gasteiger charge is 2.18. The van der Waals surface area contributed by atoms with E-state index < -0.39 is 16.4 Å². The fourth-order valence-electron chi connectivity index (χ4n) is 2.95. The van der Waals surface area contributed by atoms with Crippen molar-refractivity contribution < 1.29 is 9.31 Å². The van der Waals surface area contributed by atoms with E-state index in [4.69, 9.17) is 0 Å². The number of aromatic nitrogens is 1. The summed E-state index contributed by atoms with van der Waals surface area (Å²) < 4.78 is 13.7. The molecule has 0 unspecified atom stereocenters. The molecule has 0 N–H and O–H groups in total. The van der Waals surface area contributed by atoms with Crippen LogP contribution in [0.3, 0.4) is 0 Å². The number of halogens is 1. The van der Waals surface area contributed by atoms with E-state index in [1.165, 1.54) is 12.1 Å². The second kappa shape index (κ2) is 7.35. The molecule has 1 fully saturated rings. The van der Waals surface area contributed by atoms with Crippen molar-refractivity contribution >= 4 is 11.5 Å². The Balaban J connectivity index is 1.63. The Morgan fingerprint density at radius 2 is 2.04 bits per heavy atom. The first-order valence-corrected chi connectivity index (χ1v) is 7.94. The Bertz CT molecular complexity index is 711. The Labute approximate surface area is 139 Å². The quantitative estimate of drug-likeness (QED) is 0.637. The summed E-state index contributed by atoms with van der Waals surface area (Å²) >= 11 is 0. The molecular weight excluding hydrogens is 311 g/mol. The van der Waals surface area contributed by atoms with Gasteiger partial charge < -0.3 is 4.90 Å². The van der Waals surface area contributed by atoms with Crippen LogP contribution in [0.1, 0.15) is 12.0 Å². The first-order valence-electron chi connectivity index (χ1n) is 7.94. The molecule has 1 aromatic carbocycles. The molecule has 0 spiro atoms. The fraction of sp³-hybridized carbons (Fsp3) is 0.353. The minimum Gasteiger partial charge on any atom is -0.355 e. The van der Waals surface area contributed by atoms with E-state index in [9.17, 15) is 14.5 Å². The van der Waals surface area contributed by atoms with Crippen LogP contribution in [0.5, 0.6) is 0 Å². The lowest BCUT2D eigenvalue weighted by Crippen LogP contribution is -2.30. The molecule has 6 nitrogen and oxygen atoms in total. The van der Waals surface area contributed by atoms with E-state index in [1.54, 1.807) is 12.3 Å². The molecule has 3 rings (SSSR count). The average Bonchev–Trinajstić information content (AvgIpc) is 2.81. The maximum Gasteiger partial charge on any atom is 0.304 e. The maximum atomic E-state index is 13.7. The van der Waals surface area contributed by atoms with E-state index in [-0.39, 0.29) is 0 Å². The zero-order chi connectivity index (χ0) is 16.9. The van der Waals surface area contributed by atoms with Crippen LogP contribution < -0.4 is 4.90 Å². The number of benzene rings is 1. The number of hydrogen-bond donors (Lipinski definition) is 0. The second-order valence-electron chi connectivity index (χ2n) is 5.85. The summed E-state index contributed by atoms with van der Waals surface area (Å²) in [5.74, 6) is 0.197. The Hall–Kier alpha value is -2.54. The zero-order valence-electron chi connectivity index (χ0n) is 13.3. The maximum absolute atomic E-state index is 13.7. The number of nitro groups is 1. The fourth-order valence-corrected chi connectivity index (χ4v) is 2.95. The number of nitro benzene ring substituents is 1. The van der Waals surface area contributed by atoms with Crippen molar-refractivity contribution in [3.63, 3.8) is 0 Å². The van der Waals surface area contributed by atoms with Gasteiger partial charge in [-0.25, -0.2) is 4.98 Å². The van der Waals surface area contributed by atoms with Crippen molar-refractivity contribution in [2.45, 2.75) is 13.0 Å². The third-order valence-electron chi connectivity index (χ3n) is 4.18. The first-order chi connectivity index (χ1) is 11.6. The molecule has 1 aliphatic heterocycles. The van der Waals surface area contributed by atoms with Gasteiger partial charge >= 0.3 is 5.69 Å². The molecule has 0 radical (unpaired) electrons. The molecule has 0 aliphatic carbocycles. The number of anilines is 1. The molecule has 1 saturated heterocycles. The van der Waals surface area contributed by atoms with E-state index in [0.29, 0.717) is 6.54 Å². The van der Waals surface area contributed by atoms with Crippen molar-refractivity contribution in [3.05, 3.63) is 64.1 Å². The van der Waals surface area contributed by atoms with Gasteiger partial charge in [0.05, 0.1) is 4.92 Å². The lowest BCUT2D eigenvalue weighted by atomic mass is 10.2. The smallest absolute Gasteiger partial charge is 0.304 e. The van der Waals surface area contributed by atoms with Gasteiger partial charge in [0.2, 0.25) is 5.82 Å². The molecule has 2 aromatic rings. The molecule has 7 heteroatoms. The van der Waals surface area contributed by atoms with Gasteiger partial charge in [0, 0.05) is 45.0 Å². The number of hydrogen-bond acceptors (Lipinski definition) is 5. The summed E-state index contributed by atoms with van der Waals surface area (Å²) in [7, 11) is 0.